The van der Waals surface area contributed by atoms with E-state index in [4.69, 9.17) is 9.39 Å². The summed E-state index contributed by atoms with van der Waals surface area (Å²) < 4.78 is 11.4. The molecule has 0 amide bonds. The lowest BCUT2D eigenvalue weighted by molar-refractivity contribution is -0.0175. The Morgan fingerprint density at radius 3 is 2.80 bits per heavy atom. The summed E-state index contributed by atoms with van der Waals surface area (Å²) in [6.07, 6.45) is 3.37. The predicted octanol–water partition coefficient (Wildman–Crippen LogP) is 0.615. The van der Waals surface area contributed by atoms with Gasteiger partial charge in [0.15, 0.2) is 0 Å². The van der Waals surface area contributed by atoms with Crippen LogP contribution in [-0.4, -0.2) is 66.4 Å². The smallest absolute Gasteiger partial charge is 0.522 e. The fourth-order valence-corrected chi connectivity index (χ4v) is 3.91. The molecule has 3 aliphatic heterocycles. The summed E-state index contributed by atoms with van der Waals surface area (Å²) >= 11 is 0. The number of fused-ring (bicyclic) bond motifs is 1. The first-order valence-electron chi connectivity index (χ1n) is 8.97. The van der Waals surface area contributed by atoms with E-state index in [-0.39, 0.29) is 17.4 Å². The van der Waals surface area contributed by atoms with Crippen LogP contribution in [0, 0.1) is 0 Å². The van der Waals surface area contributed by atoms with Crippen molar-refractivity contribution in [1.29, 1.82) is 0 Å². The molecule has 134 valence electrons. The summed E-state index contributed by atoms with van der Waals surface area (Å²) in [7, 11) is -0.958. The number of aromatic carboxylic acids is 1. The molecule has 0 radical (unpaired) electrons. The summed E-state index contributed by atoms with van der Waals surface area (Å²) in [5.74, 6) is -0.510. The van der Waals surface area contributed by atoms with Crippen LogP contribution in [0.25, 0.3) is 0 Å². The van der Waals surface area contributed by atoms with Gasteiger partial charge in [-0.15, -0.1) is 0 Å². The third kappa shape index (κ3) is 3.34. The van der Waals surface area contributed by atoms with E-state index in [0.717, 1.165) is 44.6 Å². The van der Waals surface area contributed by atoms with E-state index in [2.05, 4.69) is 10.2 Å². The van der Waals surface area contributed by atoms with Crippen molar-refractivity contribution in [3.05, 3.63) is 23.3 Å². The largest absolute Gasteiger partial charge is 0.535 e. The average molecular weight is 346 g/mol. The molecule has 0 aromatic heterocycles. The van der Waals surface area contributed by atoms with Crippen molar-refractivity contribution in [3.8, 4) is 11.5 Å². The molecule has 4 rings (SSSR count). The number of nitrogens with zero attached hydrogens (tertiary/aromatic N) is 1. The number of rotatable bonds is 4. The van der Waals surface area contributed by atoms with Gasteiger partial charge in [0, 0.05) is 19.1 Å². The van der Waals surface area contributed by atoms with Gasteiger partial charge in [0.1, 0.15) is 23.2 Å². The normalized spacial score (nSPS) is 22.0. The first-order chi connectivity index (χ1) is 12.1. The minimum atomic E-state index is -1.09. The van der Waals surface area contributed by atoms with Crippen molar-refractivity contribution >= 4 is 13.1 Å². The summed E-state index contributed by atoms with van der Waals surface area (Å²) in [6.45, 7) is 3.76. The van der Waals surface area contributed by atoms with Crippen molar-refractivity contribution < 1.29 is 24.3 Å². The number of hydrogen-bond donors (Lipinski definition) is 3. The zero-order valence-electron chi connectivity index (χ0n) is 14.1. The molecule has 25 heavy (non-hydrogen) atoms. The lowest BCUT2D eigenvalue weighted by Gasteiger charge is -2.45. The molecule has 1 aromatic carbocycles. The van der Waals surface area contributed by atoms with Gasteiger partial charge in [-0.1, -0.05) is 6.07 Å². The number of piperidine rings is 1. The van der Waals surface area contributed by atoms with E-state index in [0.29, 0.717) is 24.5 Å². The second-order valence-corrected chi connectivity index (χ2v) is 7.02. The van der Waals surface area contributed by atoms with Crippen LogP contribution in [0.15, 0.2) is 12.1 Å². The summed E-state index contributed by atoms with van der Waals surface area (Å²) in [5, 5.41) is 22.7. The molecule has 3 heterocycles. The van der Waals surface area contributed by atoms with Crippen LogP contribution in [0.4, 0.5) is 0 Å². The quantitative estimate of drug-likeness (QED) is 0.689. The standard InChI is InChI=1S/C17H23BN2O5/c21-17(22)15-14(2-1-11-3-6-18(23)25-16(11)15)24-13-9-20(10-13)12-4-7-19-8-5-12/h1-2,12-13,19,23H,3-10H2,(H,21,22). The third-order valence-electron chi connectivity index (χ3n) is 5.32. The topological polar surface area (TPSA) is 91.3 Å². The van der Waals surface area contributed by atoms with Gasteiger partial charge in [-0.2, -0.15) is 0 Å². The number of carbonyl (C=O) groups is 1. The van der Waals surface area contributed by atoms with Crippen molar-refractivity contribution in [2.24, 2.45) is 0 Å². The molecule has 2 fully saturated rings. The molecular formula is C17H23BN2O5. The SMILES string of the molecule is O=C(O)c1c(OC2CN(C3CCNCC3)C2)ccc2c1OB(O)CC2. The summed E-state index contributed by atoms with van der Waals surface area (Å²) in [4.78, 5) is 14.1. The molecule has 0 aliphatic carbocycles. The maximum Gasteiger partial charge on any atom is 0.522 e. The fraction of sp³-hybridized carbons (Fsp3) is 0.588. The Labute approximate surface area is 147 Å². The van der Waals surface area contributed by atoms with Crippen LogP contribution in [0.1, 0.15) is 28.8 Å². The number of ether oxygens (including phenoxy) is 1. The first kappa shape index (κ1) is 16.7. The second kappa shape index (κ2) is 6.86. The van der Waals surface area contributed by atoms with Gasteiger partial charge in [0.2, 0.25) is 0 Å². The van der Waals surface area contributed by atoms with E-state index in [9.17, 15) is 14.9 Å². The Kier molecular flexibility index (Phi) is 4.58. The number of benzene rings is 1. The monoisotopic (exact) mass is 346 g/mol. The van der Waals surface area contributed by atoms with E-state index in [1.807, 2.05) is 6.07 Å². The molecule has 2 saturated heterocycles. The molecule has 3 aliphatic rings. The van der Waals surface area contributed by atoms with Gasteiger partial charge in [-0.05, 0) is 50.3 Å². The lowest BCUT2D eigenvalue weighted by Crippen LogP contribution is -2.59. The van der Waals surface area contributed by atoms with Crippen molar-refractivity contribution in [2.45, 2.75) is 37.7 Å². The molecule has 7 nitrogen and oxygen atoms in total. The summed E-state index contributed by atoms with van der Waals surface area (Å²) in [5.41, 5.74) is 0.830. The maximum absolute atomic E-state index is 11.7. The number of carboxylic acids is 1. The van der Waals surface area contributed by atoms with Gasteiger partial charge in [-0.25, -0.2) is 4.79 Å². The van der Waals surface area contributed by atoms with E-state index in [1.54, 1.807) is 6.07 Å². The predicted molar refractivity (Wildman–Crippen MR) is 92.4 cm³/mol. The molecule has 0 saturated carbocycles. The average Bonchev–Trinajstić information content (AvgIpc) is 2.57. The molecule has 0 spiro atoms. The van der Waals surface area contributed by atoms with E-state index >= 15 is 0 Å². The zero-order valence-corrected chi connectivity index (χ0v) is 14.1. The van der Waals surface area contributed by atoms with Crippen LogP contribution in [0.3, 0.4) is 0 Å². The Hall–Kier alpha value is -1.77. The molecule has 3 N–H and O–H groups in total. The second-order valence-electron chi connectivity index (χ2n) is 7.02. The number of aryl methyl sites for hydroxylation is 1. The molecule has 0 unspecified atom stereocenters. The van der Waals surface area contributed by atoms with Gasteiger partial charge in [-0.3, -0.25) is 4.90 Å². The number of carboxylic acid groups (broad SMARTS) is 1. The van der Waals surface area contributed by atoms with Gasteiger partial charge in [0.05, 0.1) is 0 Å². The van der Waals surface area contributed by atoms with Crippen molar-refractivity contribution in [1.82, 2.24) is 10.2 Å². The highest BCUT2D eigenvalue weighted by Crippen LogP contribution is 2.37. The number of nitrogens with one attached hydrogen (secondary N) is 1. The Balaban J connectivity index is 1.46. The Morgan fingerprint density at radius 2 is 2.08 bits per heavy atom. The number of hydrogen-bond acceptors (Lipinski definition) is 6. The van der Waals surface area contributed by atoms with Crippen LogP contribution in [0.2, 0.25) is 6.32 Å². The first-order valence-corrected chi connectivity index (χ1v) is 8.97. The van der Waals surface area contributed by atoms with Gasteiger partial charge in [0.25, 0.3) is 0 Å². The molecule has 0 bridgehead atoms. The molecule has 8 heteroatoms. The molecule has 1 aromatic rings. The van der Waals surface area contributed by atoms with Crippen molar-refractivity contribution in [3.63, 3.8) is 0 Å². The summed E-state index contributed by atoms with van der Waals surface area (Å²) in [6, 6.07) is 4.16. The Morgan fingerprint density at radius 1 is 1.32 bits per heavy atom. The van der Waals surface area contributed by atoms with Crippen LogP contribution in [0.5, 0.6) is 11.5 Å². The number of likely N-dealkylation sites (tertiary alicyclic amines) is 1. The minimum absolute atomic E-state index is 0.000417. The highest BCUT2D eigenvalue weighted by atomic mass is 16.5. The van der Waals surface area contributed by atoms with E-state index in [1.165, 1.54) is 0 Å². The molecule has 0 atom stereocenters. The lowest BCUT2D eigenvalue weighted by atomic mass is 9.78. The highest BCUT2D eigenvalue weighted by Gasteiger charge is 2.36. The Bertz CT molecular complexity index is 659. The van der Waals surface area contributed by atoms with Crippen LogP contribution >= 0.6 is 0 Å². The van der Waals surface area contributed by atoms with Crippen LogP contribution < -0.4 is 14.7 Å². The van der Waals surface area contributed by atoms with Gasteiger partial charge < -0.3 is 24.8 Å². The van der Waals surface area contributed by atoms with Gasteiger partial charge >= 0.3 is 13.1 Å². The third-order valence-corrected chi connectivity index (χ3v) is 5.32. The minimum Gasteiger partial charge on any atom is -0.535 e. The van der Waals surface area contributed by atoms with Crippen LogP contribution in [-0.2, 0) is 6.42 Å². The highest BCUT2D eigenvalue weighted by molar-refractivity contribution is 6.44. The maximum atomic E-state index is 11.7. The zero-order chi connectivity index (χ0) is 17.4. The molecular weight excluding hydrogens is 323 g/mol. The fourth-order valence-electron chi connectivity index (χ4n) is 3.91. The van der Waals surface area contributed by atoms with Crippen molar-refractivity contribution in [2.75, 3.05) is 26.2 Å². The van der Waals surface area contributed by atoms with E-state index < -0.39 is 13.1 Å².